The maximum absolute atomic E-state index is 13.7. The lowest BCUT2D eigenvalue weighted by molar-refractivity contribution is -0.141. The first-order valence-electron chi connectivity index (χ1n) is 10.3. The molecule has 0 aromatic heterocycles. The Bertz CT molecular complexity index is 1200. The summed E-state index contributed by atoms with van der Waals surface area (Å²) in [5.41, 5.74) is 0.627. The van der Waals surface area contributed by atoms with Crippen LogP contribution in [0, 0.1) is 0 Å². The fraction of sp³-hybridized carbons (Fsp3) is 0.200. The predicted octanol–water partition coefficient (Wildman–Crippen LogP) is 3.48. The molecule has 176 valence electrons. The normalized spacial score (nSPS) is 14.4. The number of carbonyl (C=O) groups is 4. The zero-order valence-electron chi connectivity index (χ0n) is 18.8. The van der Waals surface area contributed by atoms with Gasteiger partial charge in [-0.05, 0) is 30.7 Å². The van der Waals surface area contributed by atoms with Gasteiger partial charge < -0.3 is 19.1 Å². The van der Waals surface area contributed by atoms with Crippen molar-refractivity contribution in [2.75, 3.05) is 25.7 Å². The van der Waals surface area contributed by atoms with Crippen molar-refractivity contribution >= 4 is 46.7 Å². The minimum Gasteiger partial charge on any atom is -0.466 e. The largest absolute Gasteiger partial charge is 0.466 e. The summed E-state index contributed by atoms with van der Waals surface area (Å²) in [6.45, 7) is 1.74. The monoisotopic (exact) mass is 483 g/mol. The highest BCUT2D eigenvalue weighted by Crippen LogP contribution is 2.42. The van der Waals surface area contributed by atoms with Crippen LogP contribution in [0.3, 0.4) is 0 Å². The molecule has 2 aromatic carbocycles. The van der Waals surface area contributed by atoms with Gasteiger partial charge in [-0.3, -0.25) is 4.79 Å². The second kappa shape index (κ2) is 10.8. The topological polar surface area (TPSA) is 99.2 Å². The Hall–Kier alpha value is -3.91. The van der Waals surface area contributed by atoms with Crippen LogP contribution in [0.25, 0.3) is 5.57 Å². The lowest BCUT2D eigenvalue weighted by atomic mass is 9.94. The number of methoxy groups -OCH3 is 2. The van der Waals surface area contributed by atoms with Crippen LogP contribution in [-0.2, 0) is 39.9 Å². The Kier molecular flexibility index (Phi) is 7.86. The van der Waals surface area contributed by atoms with Crippen LogP contribution in [0.15, 0.2) is 65.8 Å². The molecule has 1 aliphatic heterocycles. The highest BCUT2D eigenvalue weighted by Gasteiger charge is 2.39. The molecule has 34 heavy (non-hydrogen) atoms. The summed E-state index contributed by atoms with van der Waals surface area (Å²) in [4.78, 5) is 52.9. The first-order valence-corrected chi connectivity index (χ1v) is 10.7. The zero-order chi connectivity index (χ0) is 24.8. The van der Waals surface area contributed by atoms with Gasteiger partial charge in [0.15, 0.2) is 0 Å². The lowest BCUT2D eigenvalue weighted by Gasteiger charge is -2.17. The first-order chi connectivity index (χ1) is 16.3. The number of anilines is 1. The minimum atomic E-state index is -1.01. The van der Waals surface area contributed by atoms with Gasteiger partial charge in [0.25, 0.3) is 5.91 Å². The van der Waals surface area contributed by atoms with Crippen molar-refractivity contribution in [3.8, 4) is 0 Å². The molecule has 0 radical (unpaired) electrons. The number of rotatable bonds is 7. The van der Waals surface area contributed by atoms with E-state index in [1.165, 1.54) is 11.0 Å². The van der Waals surface area contributed by atoms with Crippen molar-refractivity contribution in [2.45, 2.75) is 13.5 Å². The summed E-state index contributed by atoms with van der Waals surface area (Å²) in [5, 5.41) is 0.311. The third-order valence-corrected chi connectivity index (χ3v) is 5.26. The molecule has 3 rings (SSSR count). The van der Waals surface area contributed by atoms with Gasteiger partial charge in [-0.15, -0.1) is 0 Å². The van der Waals surface area contributed by atoms with Crippen molar-refractivity contribution in [3.05, 3.63) is 81.9 Å². The number of esters is 3. The number of benzene rings is 2. The van der Waals surface area contributed by atoms with Crippen LogP contribution >= 0.6 is 11.6 Å². The van der Waals surface area contributed by atoms with Gasteiger partial charge in [0.1, 0.15) is 0 Å². The molecule has 0 saturated heterocycles. The summed E-state index contributed by atoms with van der Waals surface area (Å²) in [6, 6.07) is 14.0. The summed E-state index contributed by atoms with van der Waals surface area (Å²) in [7, 11) is 2.20. The average molecular weight is 484 g/mol. The van der Waals surface area contributed by atoms with Crippen molar-refractivity contribution in [1.29, 1.82) is 0 Å². The molecule has 0 aliphatic carbocycles. The molecule has 0 atom stereocenters. The Morgan fingerprint density at radius 3 is 2.32 bits per heavy atom. The molecule has 9 heteroatoms. The van der Waals surface area contributed by atoms with E-state index in [0.29, 0.717) is 16.3 Å². The molecule has 0 bridgehead atoms. The molecule has 1 amide bonds. The molecule has 2 aromatic rings. The van der Waals surface area contributed by atoms with Gasteiger partial charge in [0.05, 0.1) is 49.8 Å². The van der Waals surface area contributed by atoms with Gasteiger partial charge >= 0.3 is 17.9 Å². The van der Waals surface area contributed by atoms with Crippen LogP contribution in [0.2, 0.25) is 5.02 Å². The van der Waals surface area contributed by atoms with Crippen molar-refractivity contribution < 1.29 is 33.4 Å². The van der Waals surface area contributed by atoms with Gasteiger partial charge in [-0.1, -0.05) is 41.9 Å². The van der Waals surface area contributed by atoms with E-state index in [-0.39, 0.29) is 18.7 Å². The number of ether oxygens (including phenoxy) is 3. The SMILES string of the molecule is CCOC(=O)C(/C(=C/C(=O)OC)C(=O)OC)=C1/C(=O)N(Cc2ccccc2)c2ccc(Cl)cc21. The average Bonchev–Trinajstić information content (AvgIpc) is 3.09. The highest BCUT2D eigenvalue weighted by molar-refractivity contribution is 6.39. The quantitative estimate of drug-likeness (QED) is 0.337. The number of nitrogens with zero attached hydrogens (tertiary/aromatic N) is 1. The highest BCUT2D eigenvalue weighted by atomic mass is 35.5. The molecule has 1 aliphatic rings. The smallest absolute Gasteiger partial charge is 0.339 e. The maximum Gasteiger partial charge on any atom is 0.339 e. The number of halogens is 1. The molecular formula is C25H22ClNO7. The van der Waals surface area contributed by atoms with Gasteiger partial charge in [-0.2, -0.15) is 0 Å². The van der Waals surface area contributed by atoms with Crippen LogP contribution in [0.4, 0.5) is 5.69 Å². The zero-order valence-corrected chi connectivity index (χ0v) is 19.5. The molecule has 0 saturated carbocycles. The number of hydrogen-bond acceptors (Lipinski definition) is 7. The van der Waals surface area contributed by atoms with Crippen molar-refractivity contribution in [1.82, 2.24) is 0 Å². The standard InChI is InChI=1S/C25H22ClNO7/c1-4-34-25(31)22(18(24(30)33-3)13-20(28)32-2)21-17-12-16(26)10-11-19(17)27(23(21)29)14-15-8-6-5-7-9-15/h5-13H,4,14H2,1-3H3/b18-13-,22-21+. The molecule has 8 nitrogen and oxygen atoms in total. The van der Waals surface area contributed by atoms with Crippen LogP contribution in [0.1, 0.15) is 18.1 Å². The minimum absolute atomic E-state index is 0.0351. The summed E-state index contributed by atoms with van der Waals surface area (Å²) >= 11 is 6.22. The molecule has 0 spiro atoms. The third-order valence-electron chi connectivity index (χ3n) is 5.03. The number of carbonyl (C=O) groups excluding carboxylic acids is 4. The fourth-order valence-electron chi connectivity index (χ4n) is 3.54. The second-order valence-corrected chi connectivity index (χ2v) is 7.52. The number of fused-ring (bicyclic) bond motifs is 1. The van der Waals surface area contributed by atoms with E-state index in [1.807, 2.05) is 30.3 Å². The van der Waals surface area contributed by atoms with E-state index in [0.717, 1.165) is 25.9 Å². The Morgan fingerprint density at radius 1 is 1.00 bits per heavy atom. The second-order valence-electron chi connectivity index (χ2n) is 7.08. The summed E-state index contributed by atoms with van der Waals surface area (Å²) < 4.78 is 14.6. The lowest BCUT2D eigenvalue weighted by Crippen LogP contribution is -2.28. The molecule has 1 heterocycles. The number of hydrogen-bond donors (Lipinski definition) is 0. The maximum atomic E-state index is 13.7. The third kappa shape index (κ3) is 5.02. The van der Waals surface area contributed by atoms with Crippen molar-refractivity contribution in [3.63, 3.8) is 0 Å². The summed E-state index contributed by atoms with van der Waals surface area (Å²) in [6.07, 6.45) is 0.794. The van der Waals surface area contributed by atoms with E-state index in [9.17, 15) is 19.2 Å². The Morgan fingerprint density at radius 2 is 1.71 bits per heavy atom. The van der Waals surface area contributed by atoms with Crippen molar-refractivity contribution in [2.24, 2.45) is 0 Å². The van der Waals surface area contributed by atoms with E-state index < -0.39 is 35.0 Å². The molecule has 0 unspecified atom stereocenters. The fourth-order valence-corrected chi connectivity index (χ4v) is 3.71. The van der Waals surface area contributed by atoms with E-state index >= 15 is 0 Å². The van der Waals surface area contributed by atoms with Crippen LogP contribution in [-0.4, -0.2) is 44.6 Å². The first kappa shape index (κ1) is 24.7. The molecule has 0 N–H and O–H groups in total. The van der Waals surface area contributed by atoms with Gasteiger partial charge in [0, 0.05) is 16.7 Å². The molecule has 0 fully saturated rings. The van der Waals surface area contributed by atoms with Gasteiger partial charge in [-0.25, -0.2) is 14.4 Å². The Balaban J connectivity index is 2.32. The predicted molar refractivity (Wildman–Crippen MR) is 125 cm³/mol. The van der Waals surface area contributed by atoms with E-state index in [4.69, 9.17) is 21.1 Å². The van der Waals surface area contributed by atoms with Crippen LogP contribution in [0.5, 0.6) is 0 Å². The van der Waals surface area contributed by atoms with Crippen LogP contribution < -0.4 is 4.90 Å². The van der Waals surface area contributed by atoms with E-state index in [1.54, 1.807) is 19.1 Å². The summed E-state index contributed by atoms with van der Waals surface area (Å²) in [5.74, 6) is -3.47. The Labute approximate surface area is 201 Å². The van der Waals surface area contributed by atoms with E-state index in [2.05, 4.69) is 4.74 Å². The number of amides is 1. The van der Waals surface area contributed by atoms with Gasteiger partial charge in [0.2, 0.25) is 0 Å². The molecular weight excluding hydrogens is 462 g/mol.